The number of Topliss-reactive ketones (excluding diaryl/α,β-unsaturated/α-hetero) is 2. The highest BCUT2D eigenvalue weighted by atomic mass is 35.5. The maximum absolute atomic E-state index is 12.4. The number of halogens is 1. The predicted molar refractivity (Wildman–Crippen MR) is 99.7 cm³/mol. The number of carbonyl (C=O) groups excluding carboxylic acids is 2. The van der Waals surface area contributed by atoms with Gasteiger partial charge in [-0.05, 0) is 6.42 Å². The van der Waals surface area contributed by atoms with Gasteiger partial charge in [-0.25, -0.2) is 0 Å². The van der Waals surface area contributed by atoms with Crippen LogP contribution >= 0.6 is 11.6 Å². The van der Waals surface area contributed by atoms with Crippen LogP contribution in [0.3, 0.4) is 0 Å². The molecule has 142 valence electrons. The van der Waals surface area contributed by atoms with Gasteiger partial charge in [0.2, 0.25) is 11.6 Å². The molecule has 0 aliphatic heterocycles. The number of ketones is 2. The van der Waals surface area contributed by atoms with E-state index < -0.39 is 5.78 Å². The summed E-state index contributed by atoms with van der Waals surface area (Å²) in [6.07, 6.45) is 4.71. The van der Waals surface area contributed by atoms with E-state index in [1.165, 1.54) is 19.3 Å². The molecule has 0 heterocycles. The number of ether oxygens (including phenoxy) is 3. The lowest BCUT2D eigenvalue weighted by Gasteiger charge is -2.18. The highest BCUT2D eigenvalue weighted by molar-refractivity contribution is 6.49. The number of unbranched alkanes of at least 4 members (excludes halogenated alkanes) is 3. The molecule has 5 nitrogen and oxygen atoms in total. The van der Waals surface area contributed by atoms with Gasteiger partial charge < -0.3 is 14.2 Å². The first-order chi connectivity index (χ1) is 12.7. The molecule has 1 aliphatic rings. The Kier molecular flexibility index (Phi) is 8.81. The summed E-state index contributed by atoms with van der Waals surface area (Å²) in [7, 11) is 0. The fourth-order valence-corrected chi connectivity index (χ4v) is 2.85. The minimum atomic E-state index is -0.394. The largest absolute Gasteiger partial charge is 0.485 e. The number of carbonyl (C=O) groups is 2. The molecule has 0 N–H and O–H groups in total. The molecule has 6 heteroatoms. The third-order valence-electron chi connectivity index (χ3n) is 4.01. The Morgan fingerprint density at radius 3 is 2.12 bits per heavy atom. The van der Waals surface area contributed by atoms with Gasteiger partial charge in [0, 0.05) is 17.7 Å². The van der Waals surface area contributed by atoms with Crippen molar-refractivity contribution < 1.29 is 23.8 Å². The second-order valence-electron chi connectivity index (χ2n) is 5.98. The molecular weight excluding hydrogens is 356 g/mol. The molecule has 1 aromatic carbocycles. The molecule has 2 rings (SSSR count). The first kappa shape index (κ1) is 20.6. The molecule has 0 fully saturated rings. The van der Waals surface area contributed by atoms with Crippen molar-refractivity contribution in [1.82, 2.24) is 0 Å². The van der Waals surface area contributed by atoms with Crippen LogP contribution in [0, 0.1) is 0 Å². The normalized spacial score (nSPS) is 13.9. The molecule has 0 aromatic heterocycles. The van der Waals surface area contributed by atoms with Gasteiger partial charge in [-0.1, -0.05) is 62.1 Å². The number of hydrogen-bond donors (Lipinski definition) is 0. The summed E-state index contributed by atoms with van der Waals surface area (Å²) >= 11 is 6.01. The van der Waals surface area contributed by atoms with Crippen LogP contribution in [0.15, 0.2) is 35.1 Å². The third-order valence-corrected chi connectivity index (χ3v) is 4.35. The molecule has 0 saturated carbocycles. The lowest BCUT2D eigenvalue weighted by molar-refractivity contribution is 0.0252. The molecule has 0 saturated heterocycles. The van der Waals surface area contributed by atoms with Gasteiger partial charge in [0.15, 0.2) is 5.76 Å². The number of allylic oxidation sites excluding steroid dienone is 2. The number of benzene rings is 1. The smallest absolute Gasteiger partial charge is 0.230 e. The SMILES string of the molecule is CCCCCCOCCOCCOC1=C(Cl)C(=O)c2ccccc2C1=O. The lowest BCUT2D eigenvalue weighted by atomic mass is 9.93. The topological polar surface area (TPSA) is 61.8 Å². The van der Waals surface area contributed by atoms with Gasteiger partial charge in [0.25, 0.3) is 0 Å². The number of rotatable bonds is 12. The molecule has 1 aliphatic carbocycles. The zero-order chi connectivity index (χ0) is 18.8. The second kappa shape index (κ2) is 11.1. The summed E-state index contributed by atoms with van der Waals surface area (Å²) in [5.41, 5.74) is 0.622. The molecule has 0 spiro atoms. The van der Waals surface area contributed by atoms with E-state index in [9.17, 15) is 9.59 Å². The van der Waals surface area contributed by atoms with Crippen LogP contribution in [0.25, 0.3) is 0 Å². The highest BCUT2D eigenvalue weighted by Gasteiger charge is 2.32. The van der Waals surface area contributed by atoms with Crippen molar-refractivity contribution in [2.75, 3.05) is 33.0 Å². The van der Waals surface area contributed by atoms with Gasteiger partial charge >= 0.3 is 0 Å². The molecule has 0 amide bonds. The minimum absolute atomic E-state index is 0.105. The standard InChI is InChI=1S/C20H25ClO5/c1-2-3-4-7-10-24-11-12-25-13-14-26-20-17(21)18(22)15-8-5-6-9-16(15)19(20)23/h5-6,8-9H,2-4,7,10-14H2,1H3. The van der Waals surface area contributed by atoms with Crippen LogP contribution in [0.1, 0.15) is 53.3 Å². The first-order valence-corrected chi connectivity index (χ1v) is 9.41. The maximum Gasteiger partial charge on any atom is 0.230 e. The zero-order valence-electron chi connectivity index (χ0n) is 15.1. The summed E-state index contributed by atoms with van der Waals surface area (Å²) in [5.74, 6) is -0.874. The van der Waals surface area contributed by atoms with E-state index in [0.29, 0.717) is 24.3 Å². The third kappa shape index (κ3) is 5.66. The fourth-order valence-electron chi connectivity index (χ4n) is 2.61. The monoisotopic (exact) mass is 380 g/mol. The van der Waals surface area contributed by atoms with Crippen molar-refractivity contribution in [3.8, 4) is 0 Å². The van der Waals surface area contributed by atoms with E-state index in [-0.39, 0.29) is 29.8 Å². The highest BCUT2D eigenvalue weighted by Crippen LogP contribution is 2.28. The Bertz CT molecular complexity index is 653. The second-order valence-corrected chi connectivity index (χ2v) is 6.36. The van der Waals surface area contributed by atoms with Crippen molar-refractivity contribution in [3.05, 3.63) is 46.2 Å². The fraction of sp³-hybridized carbons (Fsp3) is 0.500. The van der Waals surface area contributed by atoms with Gasteiger partial charge in [0.1, 0.15) is 11.6 Å². The van der Waals surface area contributed by atoms with E-state index >= 15 is 0 Å². The quantitative estimate of drug-likeness (QED) is 0.510. The Labute approximate surface area is 159 Å². The molecule has 1 aromatic rings. The maximum atomic E-state index is 12.4. The molecule has 0 bridgehead atoms. The first-order valence-electron chi connectivity index (χ1n) is 9.03. The Morgan fingerprint density at radius 1 is 0.808 bits per heavy atom. The van der Waals surface area contributed by atoms with Gasteiger partial charge in [-0.15, -0.1) is 0 Å². The van der Waals surface area contributed by atoms with Crippen molar-refractivity contribution in [1.29, 1.82) is 0 Å². The minimum Gasteiger partial charge on any atom is -0.485 e. The zero-order valence-corrected chi connectivity index (χ0v) is 15.8. The summed E-state index contributed by atoms with van der Waals surface area (Å²) in [6, 6.07) is 6.57. The Hall–Kier alpha value is -1.69. The van der Waals surface area contributed by atoms with Crippen molar-refractivity contribution in [2.24, 2.45) is 0 Å². The van der Waals surface area contributed by atoms with Gasteiger partial charge in [0.05, 0.1) is 19.8 Å². The number of fused-ring (bicyclic) bond motifs is 1. The van der Waals surface area contributed by atoms with Crippen LogP contribution in [-0.4, -0.2) is 44.6 Å². The van der Waals surface area contributed by atoms with Crippen molar-refractivity contribution >= 4 is 23.2 Å². The average Bonchev–Trinajstić information content (AvgIpc) is 2.66. The summed E-state index contributed by atoms with van der Waals surface area (Å²) in [6.45, 7) is 4.34. The van der Waals surface area contributed by atoms with Crippen LogP contribution in [-0.2, 0) is 14.2 Å². The van der Waals surface area contributed by atoms with E-state index in [4.69, 9.17) is 25.8 Å². The average molecular weight is 381 g/mol. The van der Waals surface area contributed by atoms with Crippen LogP contribution in [0.4, 0.5) is 0 Å². The summed E-state index contributed by atoms with van der Waals surface area (Å²) in [4.78, 5) is 24.6. The molecular formula is C20H25ClO5. The van der Waals surface area contributed by atoms with E-state index in [2.05, 4.69) is 6.92 Å². The summed E-state index contributed by atoms with van der Waals surface area (Å²) in [5, 5.41) is -0.177. The molecule has 26 heavy (non-hydrogen) atoms. The van der Waals surface area contributed by atoms with Crippen LogP contribution < -0.4 is 0 Å². The van der Waals surface area contributed by atoms with Gasteiger partial charge in [-0.2, -0.15) is 0 Å². The lowest BCUT2D eigenvalue weighted by Crippen LogP contribution is -2.22. The molecule has 0 radical (unpaired) electrons. The summed E-state index contributed by atoms with van der Waals surface area (Å²) < 4.78 is 16.3. The number of hydrogen-bond acceptors (Lipinski definition) is 5. The van der Waals surface area contributed by atoms with Crippen LogP contribution in [0.5, 0.6) is 0 Å². The molecule has 0 atom stereocenters. The van der Waals surface area contributed by atoms with Crippen molar-refractivity contribution in [2.45, 2.75) is 32.6 Å². The van der Waals surface area contributed by atoms with E-state index in [1.54, 1.807) is 24.3 Å². The van der Waals surface area contributed by atoms with Crippen molar-refractivity contribution in [3.63, 3.8) is 0 Å². The predicted octanol–water partition coefficient (Wildman–Crippen LogP) is 4.15. The van der Waals surface area contributed by atoms with E-state index in [1.807, 2.05) is 0 Å². The molecule has 0 unspecified atom stereocenters. The van der Waals surface area contributed by atoms with Crippen LogP contribution in [0.2, 0.25) is 0 Å². The van der Waals surface area contributed by atoms with E-state index in [0.717, 1.165) is 13.0 Å². The van der Waals surface area contributed by atoms with Gasteiger partial charge in [-0.3, -0.25) is 9.59 Å². The Balaban J connectivity index is 1.66. The Morgan fingerprint density at radius 2 is 1.42 bits per heavy atom.